The van der Waals surface area contributed by atoms with Gasteiger partial charge in [0.05, 0.1) is 6.26 Å². The summed E-state index contributed by atoms with van der Waals surface area (Å²) in [7, 11) is 0. The molecule has 0 spiro atoms. The fourth-order valence-electron chi connectivity index (χ4n) is 1.24. The quantitative estimate of drug-likeness (QED) is 0.755. The molecule has 13 heavy (non-hydrogen) atoms. The first-order chi connectivity index (χ1) is 6.42. The minimum absolute atomic E-state index is 0.476. The van der Waals surface area contributed by atoms with Gasteiger partial charge in [-0.25, -0.2) is 0 Å². The van der Waals surface area contributed by atoms with Gasteiger partial charge in [0, 0.05) is 12.7 Å². The lowest BCUT2D eigenvalue weighted by molar-refractivity contribution is 0.579. The number of furan rings is 1. The lowest BCUT2D eigenvalue weighted by Gasteiger charge is -2.01. The molecular formula is C10H10N2O. The number of nitrogens with zero attached hydrogens (tertiary/aromatic N) is 1. The zero-order valence-electron chi connectivity index (χ0n) is 7.10. The second-order valence-corrected chi connectivity index (χ2v) is 2.69. The molecule has 3 heteroatoms. The lowest BCUT2D eigenvalue weighted by atomic mass is 10.1. The highest BCUT2D eigenvalue weighted by Crippen LogP contribution is 2.20. The highest BCUT2D eigenvalue weighted by atomic mass is 16.3. The average Bonchev–Trinajstić information content (AvgIpc) is 2.70. The Kier molecular flexibility index (Phi) is 2.10. The Morgan fingerprint density at radius 3 is 2.92 bits per heavy atom. The number of aromatic nitrogens is 1. The SMILES string of the molecule is NCc1cccnc1-c1ccco1. The van der Waals surface area contributed by atoms with Crippen LogP contribution in [0.15, 0.2) is 41.1 Å². The minimum atomic E-state index is 0.476. The van der Waals surface area contributed by atoms with Gasteiger partial charge in [0.2, 0.25) is 0 Å². The Morgan fingerprint density at radius 2 is 2.23 bits per heavy atom. The van der Waals surface area contributed by atoms with E-state index in [-0.39, 0.29) is 0 Å². The van der Waals surface area contributed by atoms with E-state index in [2.05, 4.69) is 4.98 Å². The first-order valence-corrected chi connectivity index (χ1v) is 4.09. The Balaban J connectivity index is 2.51. The molecule has 2 aromatic rings. The van der Waals surface area contributed by atoms with Gasteiger partial charge in [-0.15, -0.1) is 0 Å². The van der Waals surface area contributed by atoms with Crippen molar-refractivity contribution in [3.05, 3.63) is 42.3 Å². The Bertz CT molecular complexity index is 382. The smallest absolute Gasteiger partial charge is 0.152 e. The van der Waals surface area contributed by atoms with Gasteiger partial charge in [0.25, 0.3) is 0 Å². The van der Waals surface area contributed by atoms with Crippen LogP contribution >= 0.6 is 0 Å². The van der Waals surface area contributed by atoms with Gasteiger partial charge in [-0.1, -0.05) is 6.07 Å². The van der Waals surface area contributed by atoms with Crippen molar-refractivity contribution in [2.24, 2.45) is 5.73 Å². The van der Waals surface area contributed by atoms with E-state index >= 15 is 0 Å². The van der Waals surface area contributed by atoms with E-state index in [1.165, 1.54) is 0 Å². The third-order valence-corrected chi connectivity index (χ3v) is 1.87. The van der Waals surface area contributed by atoms with Crippen LogP contribution in [-0.2, 0) is 6.54 Å². The maximum atomic E-state index is 5.58. The molecule has 0 bridgehead atoms. The minimum Gasteiger partial charge on any atom is -0.463 e. The van der Waals surface area contributed by atoms with Gasteiger partial charge in [-0.2, -0.15) is 0 Å². The molecule has 3 nitrogen and oxygen atoms in total. The van der Waals surface area contributed by atoms with Crippen molar-refractivity contribution in [2.75, 3.05) is 0 Å². The number of hydrogen-bond acceptors (Lipinski definition) is 3. The fourth-order valence-corrected chi connectivity index (χ4v) is 1.24. The van der Waals surface area contributed by atoms with Crippen molar-refractivity contribution >= 4 is 0 Å². The van der Waals surface area contributed by atoms with E-state index in [9.17, 15) is 0 Å². The van der Waals surface area contributed by atoms with Crippen molar-refractivity contribution in [3.63, 3.8) is 0 Å². The summed E-state index contributed by atoms with van der Waals surface area (Å²) in [6.07, 6.45) is 3.36. The largest absolute Gasteiger partial charge is 0.463 e. The van der Waals surface area contributed by atoms with E-state index in [1.54, 1.807) is 12.5 Å². The third-order valence-electron chi connectivity index (χ3n) is 1.87. The molecule has 0 unspecified atom stereocenters. The van der Waals surface area contributed by atoms with Crippen molar-refractivity contribution in [3.8, 4) is 11.5 Å². The number of hydrogen-bond donors (Lipinski definition) is 1. The molecule has 0 aliphatic rings. The summed E-state index contributed by atoms with van der Waals surface area (Å²) < 4.78 is 5.24. The highest BCUT2D eigenvalue weighted by Gasteiger charge is 2.06. The van der Waals surface area contributed by atoms with Crippen molar-refractivity contribution in [1.29, 1.82) is 0 Å². The molecule has 0 atom stereocenters. The van der Waals surface area contributed by atoms with E-state index in [0.717, 1.165) is 17.0 Å². The van der Waals surface area contributed by atoms with Gasteiger partial charge in [-0.3, -0.25) is 4.98 Å². The van der Waals surface area contributed by atoms with Crippen molar-refractivity contribution in [2.45, 2.75) is 6.54 Å². The summed E-state index contributed by atoms with van der Waals surface area (Å²) in [5.74, 6) is 0.765. The Labute approximate surface area is 76.2 Å². The molecule has 2 rings (SSSR count). The maximum Gasteiger partial charge on any atom is 0.152 e. The van der Waals surface area contributed by atoms with Crippen molar-refractivity contribution < 1.29 is 4.42 Å². The predicted octanol–water partition coefficient (Wildman–Crippen LogP) is 1.80. The van der Waals surface area contributed by atoms with E-state index < -0.39 is 0 Å². The van der Waals surface area contributed by atoms with E-state index in [0.29, 0.717) is 6.54 Å². The van der Waals surface area contributed by atoms with Crippen LogP contribution in [0.25, 0.3) is 11.5 Å². The summed E-state index contributed by atoms with van der Waals surface area (Å²) in [5, 5.41) is 0. The second kappa shape index (κ2) is 3.41. The number of rotatable bonds is 2. The third kappa shape index (κ3) is 1.46. The molecule has 0 saturated heterocycles. The molecule has 0 aromatic carbocycles. The molecule has 0 amide bonds. The van der Waals surface area contributed by atoms with Gasteiger partial charge in [0.15, 0.2) is 5.76 Å². The molecule has 2 N–H and O–H groups in total. The molecule has 0 fully saturated rings. The Hall–Kier alpha value is -1.61. The zero-order chi connectivity index (χ0) is 9.10. The van der Waals surface area contributed by atoms with Crippen LogP contribution in [-0.4, -0.2) is 4.98 Å². The normalized spacial score (nSPS) is 10.2. The molecule has 0 aliphatic carbocycles. The van der Waals surface area contributed by atoms with Crippen LogP contribution in [0, 0.1) is 0 Å². The lowest BCUT2D eigenvalue weighted by Crippen LogP contribution is -1.99. The first kappa shape index (κ1) is 8.01. The topological polar surface area (TPSA) is 52.0 Å². The standard InChI is InChI=1S/C10H10N2O/c11-7-8-3-1-5-12-10(8)9-4-2-6-13-9/h1-6H,7,11H2. The van der Waals surface area contributed by atoms with Crippen LogP contribution < -0.4 is 5.73 Å². The van der Waals surface area contributed by atoms with Crippen LogP contribution in [0.5, 0.6) is 0 Å². The maximum absolute atomic E-state index is 5.58. The van der Waals surface area contributed by atoms with Gasteiger partial charge in [0.1, 0.15) is 5.69 Å². The summed E-state index contributed by atoms with van der Waals surface area (Å²) in [5.41, 5.74) is 7.40. The predicted molar refractivity (Wildman–Crippen MR) is 49.8 cm³/mol. The van der Waals surface area contributed by atoms with Crippen LogP contribution in [0.4, 0.5) is 0 Å². The van der Waals surface area contributed by atoms with Crippen LogP contribution in [0.3, 0.4) is 0 Å². The summed E-state index contributed by atoms with van der Waals surface area (Å²) >= 11 is 0. The van der Waals surface area contributed by atoms with Gasteiger partial charge in [-0.05, 0) is 23.8 Å². The Morgan fingerprint density at radius 1 is 1.31 bits per heavy atom. The molecule has 0 aliphatic heterocycles. The molecule has 0 saturated carbocycles. The van der Waals surface area contributed by atoms with E-state index in [4.69, 9.17) is 10.2 Å². The number of pyridine rings is 1. The monoisotopic (exact) mass is 174 g/mol. The zero-order valence-corrected chi connectivity index (χ0v) is 7.10. The first-order valence-electron chi connectivity index (χ1n) is 4.09. The molecule has 2 heterocycles. The molecule has 0 radical (unpaired) electrons. The van der Waals surface area contributed by atoms with Crippen molar-refractivity contribution in [1.82, 2.24) is 4.98 Å². The average molecular weight is 174 g/mol. The van der Waals surface area contributed by atoms with Crippen LogP contribution in [0.2, 0.25) is 0 Å². The number of nitrogens with two attached hydrogens (primary N) is 1. The molecule has 66 valence electrons. The summed E-state index contributed by atoms with van der Waals surface area (Å²) in [4.78, 5) is 4.22. The van der Waals surface area contributed by atoms with Gasteiger partial charge >= 0.3 is 0 Å². The second-order valence-electron chi connectivity index (χ2n) is 2.69. The highest BCUT2D eigenvalue weighted by molar-refractivity contribution is 5.56. The molecular weight excluding hydrogens is 164 g/mol. The molecule has 2 aromatic heterocycles. The van der Waals surface area contributed by atoms with Crippen LogP contribution in [0.1, 0.15) is 5.56 Å². The summed E-state index contributed by atoms with van der Waals surface area (Å²) in [6.45, 7) is 0.476. The fraction of sp³-hybridized carbons (Fsp3) is 0.100. The summed E-state index contributed by atoms with van der Waals surface area (Å²) in [6, 6.07) is 7.53. The van der Waals surface area contributed by atoms with E-state index in [1.807, 2.05) is 24.3 Å². The van der Waals surface area contributed by atoms with Gasteiger partial charge < -0.3 is 10.2 Å².